The van der Waals surface area contributed by atoms with Crippen LogP contribution < -0.4 is 15.2 Å². The molecule has 0 radical (unpaired) electrons. The standard InChI is InChI=1S/C16H26N2O2/c1-13(17)11-14-5-6-15(19-2)12-16(14)20-10-9-18-7-3-4-8-18/h5-6,12-13H,3-4,7-11,17H2,1-2H3. The van der Waals surface area contributed by atoms with Gasteiger partial charge in [0.15, 0.2) is 0 Å². The van der Waals surface area contributed by atoms with Crippen molar-refractivity contribution >= 4 is 0 Å². The van der Waals surface area contributed by atoms with Gasteiger partial charge in [0, 0.05) is 18.7 Å². The Balaban J connectivity index is 1.95. The molecule has 1 aromatic carbocycles. The number of ether oxygens (including phenoxy) is 2. The zero-order chi connectivity index (χ0) is 14.4. The summed E-state index contributed by atoms with van der Waals surface area (Å²) in [6.45, 7) is 6.13. The number of nitrogens with two attached hydrogens (primary N) is 1. The van der Waals surface area contributed by atoms with Gasteiger partial charge in [0.25, 0.3) is 0 Å². The van der Waals surface area contributed by atoms with E-state index in [-0.39, 0.29) is 6.04 Å². The molecular weight excluding hydrogens is 252 g/mol. The highest BCUT2D eigenvalue weighted by molar-refractivity contribution is 5.41. The minimum atomic E-state index is 0.129. The van der Waals surface area contributed by atoms with Gasteiger partial charge in [0.1, 0.15) is 18.1 Å². The summed E-state index contributed by atoms with van der Waals surface area (Å²) in [5.41, 5.74) is 7.05. The van der Waals surface area contributed by atoms with Crippen LogP contribution in [0.3, 0.4) is 0 Å². The second-order valence-corrected chi connectivity index (χ2v) is 5.55. The molecule has 1 aliphatic heterocycles. The number of hydrogen-bond donors (Lipinski definition) is 1. The van der Waals surface area contributed by atoms with Crippen molar-refractivity contribution < 1.29 is 9.47 Å². The first-order valence-electron chi connectivity index (χ1n) is 7.46. The highest BCUT2D eigenvalue weighted by Crippen LogP contribution is 2.26. The number of nitrogens with zero attached hydrogens (tertiary/aromatic N) is 1. The summed E-state index contributed by atoms with van der Waals surface area (Å²) in [6.07, 6.45) is 3.45. The zero-order valence-electron chi connectivity index (χ0n) is 12.6. The lowest BCUT2D eigenvalue weighted by atomic mass is 10.1. The van der Waals surface area contributed by atoms with E-state index in [4.69, 9.17) is 15.2 Å². The number of hydrogen-bond acceptors (Lipinski definition) is 4. The molecule has 1 heterocycles. The maximum atomic E-state index is 5.97. The number of methoxy groups -OCH3 is 1. The normalized spacial score (nSPS) is 17.1. The molecule has 2 rings (SSSR count). The summed E-state index contributed by atoms with van der Waals surface area (Å²) < 4.78 is 11.2. The van der Waals surface area contributed by atoms with Crippen molar-refractivity contribution in [3.8, 4) is 11.5 Å². The van der Waals surface area contributed by atoms with Crippen LogP contribution in [-0.4, -0.2) is 44.3 Å². The van der Waals surface area contributed by atoms with Gasteiger partial charge in [0.05, 0.1) is 7.11 Å². The van der Waals surface area contributed by atoms with Crippen LogP contribution >= 0.6 is 0 Å². The Morgan fingerprint density at radius 2 is 2.05 bits per heavy atom. The highest BCUT2D eigenvalue weighted by atomic mass is 16.5. The van der Waals surface area contributed by atoms with E-state index in [1.165, 1.54) is 25.9 Å². The molecule has 2 N–H and O–H groups in total. The lowest BCUT2D eigenvalue weighted by Crippen LogP contribution is -2.25. The van der Waals surface area contributed by atoms with E-state index in [9.17, 15) is 0 Å². The minimum absolute atomic E-state index is 0.129. The van der Waals surface area contributed by atoms with Crippen LogP contribution in [0.4, 0.5) is 0 Å². The van der Waals surface area contributed by atoms with Crippen LogP contribution in [0.5, 0.6) is 11.5 Å². The monoisotopic (exact) mass is 278 g/mol. The number of benzene rings is 1. The SMILES string of the molecule is COc1ccc(CC(C)N)c(OCCN2CCCC2)c1. The molecule has 1 atom stereocenters. The molecule has 1 aliphatic rings. The van der Waals surface area contributed by atoms with Crippen molar-refractivity contribution in [2.75, 3.05) is 33.4 Å². The molecule has 1 fully saturated rings. The van der Waals surface area contributed by atoms with Crippen molar-refractivity contribution in [3.05, 3.63) is 23.8 Å². The average Bonchev–Trinajstić information content (AvgIpc) is 2.93. The topological polar surface area (TPSA) is 47.7 Å². The zero-order valence-corrected chi connectivity index (χ0v) is 12.6. The molecule has 4 nitrogen and oxygen atoms in total. The van der Waals surface area contributed by atoms with Crippen molar-refractivity contribution in [2.45, 2.75) is 32.2 Å². The Hall–Kier alpha value is -1.26. The Bertz CT molecular complexity index is 415. The number of likely N-dealkylation sites (tertiary alicyclic amines) is 1. The maximum absolute atomic E-state index is 5.97. The Morgan fingerprint density at radius 3 is 2.70 bits per heavy atom. The van der Waals surface area contributed by atoms with Crippen molar-refractivity contribution in [1.29, 1.82) is 0 Å². The van der Waals surface area contributed by atoms with Crippen LogP contribution in [0, 0.1) is 0 Å². The molecule has 0 saturated carbocycles. The van der Waals surface area contributed by atoms with Gasteiger partial charge in [-0.1, -0.05) is 6.07 Å². The average molecular weight is 278 g/mol. The van der Waals surface area contributed by atoms with Crippen LogP contribution in [0.2, 0.25) is 0 Å². The summed E-state index contributed by atoms with van der Waals surface area (Å²) in [6, 6.07) is 6.10. The lowest BCUT2D eigenvalue weighted by molar-refractivity contribution is 0.235. The van der Waals surface area contributed by atoms with Crippen LogP contribution in [-0.2, 0) is 6.42 Å². The second kappa shape index (κ2) is 7.50. The van der Waals surface area contributed by atoms with Crippen LogP contribution in [0.15, 0.2) is 18.2 Å². The van der Waals surface area contributed by atoms with Gasteiger partial charge >= 0.3 is 0 Å². The van der Waals surface area contributed by atoms with Crippen molar-refractivity contribution in [2.24, 2.45) is 5.73 Å². The summed E-state index contributed by atoms with van der Waals surface area (Å²) >= 11 is 0. The quantitative estimate of drug-likeness (QED) is 0.829. The summed E-state index contributed by atoms with van der Waals surface area (Å²) in [7, 11) is 1.68. The summed E-state index contributed by atoms with van der Waals surface area (Å²) in [4.78, 5) is 2.45. The lowest BCUT2D eigenvalue weighted by Gasteiger charge is -2.17. The molecular formula is C16H26N2O2. The molecule has 0 aliphatic carbocycles. The molecule has 1 aromatic rings. The predicted molar refractivity (Wildman–Crippen MR) is 81.5 cm³/mol. The van der Waals surface area contributed by atoms with E-state index < -0.39 is 0 Å². The van der Waals surface area contributed by atoms with Gasteiger partial charge in [-0.25, -0.2) is 0 Å². The predicted octanol–water partition coefficient (Wildman–Crippen LogP) is 2.06. The summed E-state index contributed by atoms with van der Waals surface area (Å²) in [5.74, 6) is 1.73. The highest BCUT2D eigenvalue weighted by Gasteiger charge is 2.12. The van der Waals surface area contributed by atoms with Gasteiger partial charge in [-0.05, 0) is 50.9 Å². The largest absolute Gasteiger partial charge is 0.497 e. The third-order valence-electron chi connectivity index (χ3n) is 3.68. The molecule has 1 saturated heterocycles. The smallest absolute Gasteiger partial charge is 0.126 e. The van der Waals surface area contributed by atoms with Gasteiger partial charge in [-0.3, -0.25) is 4.90 Å². The van der Waals surface area contributed by atoms with Crippen molar-refractivity contribution in [3.63, 3.8) is 0 Å². The first-order chi connectivity index (χ1) is 9.69. The minimum Gasteiger partial charge on any atom is -0.497 e. The molecule has 0 bridgehead atoms. The van der Waals surface area contributed by atoms with E-state index in [0.717, 1.165) is 36.6 Å². The fourth-order valence-electron chi connectivity index (χ4n) is 2.60. The molecule has 0 spiro atoms. The Kier molecular flexibility index (Phi) is 5.68. The Morgan fingerprint density at radius 1 is 1.30 bits per heavy atom. The fraction of sp³-hybridized carbons (Fsp3) is 0.625. The third-order valence-corrected chi connectivity index (χ3v) is 3.68. The molecule has 0 aromatic heterocycles. The molecule has 20 heavy (non-hydrogen) atoms. The van der Waals surface area contributed by atoms with Gasteiger partial charge in [-0.2, -0.15) is 0 Å². The van der Waals surface area contributed by atoms with Crippen LogP contribution in [0.1, 0.15) is 25.3 Å². The van der Waals surface area contributed by atoms with Gasteiger partial charge < -0.3 is 15.2 Å². The van der Waals surface area contributed by atoms with E-state index in [1.807, 2.05) is 25.1 Å². The van der Waals surface area contributed by atoms with E-state index in [2.05, 4.69) is 4.90 Å². The van der Waals surface area contributed by atoms with Gasteiger partial charge in [-0.15, -0.1) is 0 Å². The first kappa shape index (κ1) is 15.1. The summed E-state index contributed by atoms with van der Waals surface area (Å²) in [5, 5.41) is 0. The van der Waals surface area contributed by atoms with E-state index in [1.54, 1.807) is 7.11 Å². The molecule has 112 valence electrons. The second-order valence-electron chi connectivity index (χ2n) is 5.55. The van der Waals surface area contributed by atoms with Gasteiger partial charge in [0.2, 0.25) is 0 Å². The van der Waals surface area contributed by atoms with E-state index >= 15 is 0 Å². The first-order valence-corrected chi connectivity index (χ1v) is 7.46. The third kappa shape index (κ3) is 4.39. The van der Waals surface area contributed by atoms with Crippen molar-refractivity contribution in [1.82, 2.24) is 4.90 Å². The molecule has 4 heteroatoms. The molecule has 1 unspecified atom stereocenters. The Labute approximate surface area is 121 Å². The molecule has 0 amide bonds. The van der Waals surface area contributed by atoms with Crippen LogP contribution in [0.25, 0.3) is 0 Å². The van der Waals surface area contributed by atoms with E-state index in [0.29, 0.717) is 0 Å². The fourth-order valence-corrected chi connectivity index (χ4v) is 2.60. The number of rotatable bonds is 7. The maximum Gasteiger partial charge on any atom is 0.126 e.